The number of rotatable bonds is 6. The van der Waals surface area contributed by atoms with Crippen LogP contribution in [0.1, 0.15) is 28.9 Å². The van der Waals surface area contributed by atoms with Crippen LogP contribution in [-0.2, 0) is 4.74 Å². The van der Waals surface area contributed by atoms with Crippen LogP contribution in [0, 0.1) is 0 Å². The lowest BCUT2D eigenvalue weighted by Gasteiger charge is -2.22. The lowest BCUT2D eigenvalue weighted by molar-refractivity contribution is 0.0318. The maximum atomic E-state index is 11.6. The van der Waals surface area contributed by atoms with E-state index in [1.54, 1.807) is 11.7 Å². The predicted octanol–water partition coefficient (Wildman–Crippen LogP) is 1.03. The van der Waals surface area contributed by atoms with Crippen molar-refractivity contribution in [3.63, 3.8) is 0 Å². The maximum absolute atomic E-state index is 11.6. The lowest BCUT2D eigenvalue weighted by atomic mass is 10.1. The molecule has 1 saturated heterocycles. The quantitative estimate of drug-likeness (QED) is 0.757. The van der Waals surface area contributed by atoms with Gasteiger partial charge in [-0.25, -0.2) is 0 Å². The molecule has 100 valence electrons. The van der Waals surface area contributed by atoms with Crippen LogP contribution in [0.2, 0.25) is 0 Å². The minimum absolute atomic E-state index is 0.0423. The standard InChI is InChI=1S/C12H19N3O2S/c16-12(11-8-14-9-18-11)15-4-1-7-17-10-2-5-13-6-3-10/h8-10,13H,1-7H2,(H,15,16). The summed E-state index contributed by atoms with van der Waals surface area (Å²) in [6, 6.07) is 0. The number of thiazole rings is 1. The molecule has 2 heterocycles. The molecule has 1 aromatic heterocycles. The fraction of sp³-hybridized carbons (Fsp3) is 0.667. The van der Waals surface area contributed by atoms with E-state index >= 15 is 0 Å². The highest BCUT2D eigenvalue weighted by molar-refractivity contribution is 7.11. The molecule has 0 aromatic carbocycles. The minimum Gasteiger partial charge on any atom is -0.378 e. The van der Waals surface area contributed by atoms with E-state index in [1.807, 2.05) is 0 Å². The van der Waals surface area contributed by atoms with Crippen molar-refractivity contribution in [2.45, 2.75) is 25.4 Å². The van der Waals surface area contributed by atoms with Crippen LogP contribution < -0.4 is 10.6 Å². The zero-order chi connectivity index (χ0) is 12.6. The topological polar surface area (TPSA) is 63.2 Å². The smallest absolute Gasteiger partial charge is 0.262 e. The van der Waals surface area contributed by atoms with Crippen LogP contribution in [0.15, 0.2) is 11.7 Å². The normalized spacial score (nSPS) is 16.7. The molecule has 0 atom stereocenters. The summed E-state index contributed by atoms with van der Waals surface area (Å²) >= 11 is 1.36. The molecule has 5 nitrogen and oxygen atoms in total. The molecule has 0 saturated carbocycles. The van der Waals surface area contributed by atoms with Gasteiger partial charge in [-0.15, -0.1) is 11.3 Å². The van der Waals surface area contributed by atoms with E-state index in [1.165, 1.54) is 11.3 Å². The minimum atomic E-state index is -0.0423. The molecule has 0 radical (unpaired) electrons. The Bertz CT molecular complexity index is 350. The third-order valence-corrected chi connectivity index (χ3v) is 3.67. The van der Waals surface area contributed by atoms with Gasteiger partial charge in [0.2, 0.25) is 0 Å². The van der Waals surface area contributed by atoms with Gasteiger partial charge in [0.05, 0.1) is 17.8 Å². The molecule has 2 rings (SSSR count). The highest BCUT2D eigenvalue weighted by atomic mass is 32.1. The van der Waals surface area contributed by atoms with Crippen molar-refractivity contribution in [1.29, 1.82) is 0 Å². The molecule has 1 aliphatic rings. The van der Waals surface area contributed by atoms with Crippen molar-refractivity contribution in [2.75, 3.05) is 26.2 Å². The van der Waals surface area contributed by atoms with Gasteiger partial charge in [-0.2, -0.15) is 0 Å². The second-order valence-corrected chi connectivity index (χ2v) is 5.18. The summed E-state index contributed by atoms with van der Waals surface area (Å²) in [6.07, 6.45) is 5.02. The SMILES string of the molecule is O=C(NCCCOC1CCNCC1)c1cncs1. The molecule has 1 aromatic rings. The summed E-state index contributed by atoms with van der Waals surface area (Å²) < 4.78 is 5.75. The Morgan fingerprint density at radius 3 is 3.11 bits per heavy atom. The molecule has 1 aliphatic heterocycles. The molecule has 0 unspecified atom stereocenters. The maximum Gasteiger partial charge on any atom is 0.262 e. The molecular formula is C12H19N3O2S. The molecule has 0 bridgehead atoms. The van der Waals surface area contributed by atoms with E-state index in [0.717, 1.165) is 32.4 Å². The molecule has 0 aliphatic carbocycles. The summed E-state index contributed by atoms with van der Waals surface area (Å²) in [7, 11) is 0. The predicted molar refractivity (Wildman–Crippen MR) is 70.9 cm³/mol. The molecule has 18 heavy (non-hydrogen) atoms. The molecule has 1 amide bonds. The van der Waals surface area contributed by atoms with Gasteiger partial charge in [0.15, 0.2) is 0 Å². The van der Waals surface area contributed by atoms with Gasteiger partial charge in [-0.1, -0.05) is 0 Å². The van der Waals surface area contributed by atoms with Gasteiger partial charge < -0.3 is 15.4 Å². The highest BCUT2D eigenvalue weighted by Crippen LogP contribution is 2.07. The van der Waals surface area contributed by atoms with Gasteiger partial charge >= 0.3 is 0 Å². The Kier molecular flexibility index (Phi) is 5.57. The number of carbonyl (C=O) groups is 1. The Balaban J connectivity index is 1.52. The number of ether oxygens (including phenoxy) is 1. The van der Waals surface area contributed by atoms with Crippen LogP contribution in [0.5, 0.6) is 0 Å². The Hall–Kier alpha value is -0.980. The van der Waals surface area contributed by atoms with Crippen LogP contribution in [-0.4, -0.2) is 43.2 Å². The summed E-state index contributed by atoms with van der Waals surface area (Å²) in [6.45, 7) is 3.47. The number of piperidine rings is 1. The van der Waals surface area contributed by atoms with Crippen molar-refractivity contribution < 1.29 is 9.53 Å². The number of hydrogen-bond acceptors (Lipinski definition) is 5. The number of aromatic nitrogens is 1. The second-order valence-electron chi connectivity index (χ2n) is 4.30. The van der Waals surface area contributed by atoms with Crippen LogP contribution in [0.4, 0.5) is 0 Å². The largest absolute Gasteiger partial charge is 0.378 e. The Labute approximate surface area is 111 Å². The molecule has 6 heteroatoms. The number of nitrogens with one attached hydrogen (secondary N) is 2. The number of nitrogens with zero attached hydrogens (tertiary/aromatic N) is 1. The third kappa shape index (κ3) is 4.36. The zero-order valence-electron chi connectivity index (χ0n) is 10.4. The van der Waals surface area contributed by atoms with Crippen molar-refractivity contribution in [3.05, 3.63) is 16.6 Å². The summed E-state index contributed by atoms with van der Waals surface area (Å²) in [5, 5.41) is 6.17. The average Bonchev–Trinajstić information content (AvgIpc) is 2.93. The average molecular weight is 269 g/mol. The number of amides is 1. The molecular weight excluding hydrogens is 250 g/mol. The van der Waals surface area contributed by atoms with Gasteiger partial charge in [-0.3, -0.25) is 9.78 Å². The first-order valence-electron chi connectivity index (χ1n) is 6.35. The van der Waals surface area contributed by atoms with E-state index in [0.29, 0.717) is 24.1 Å². The first-order chi connectivity index (χ1) is 8.86. The Morgan fingerprint density at radius 1 is 1.56 bits per heavy atom. The number of carbonyl (C=O) groups excluding carboxylic acids is 1. The molecule has 0 spiro atoms. The van der Waals surface area contributed by atoms with Crippen LogP contribution >= 0.6 is 11.3 Å². The van der Waals surface area contributed by atoms with Gasteiger partial charge in [0.25, 0.3) is 5.91 Å². The van der Waals surface area contributed by atoms with Gasteiger partial charge in [-0.05, 0) is 32.4 Å². The lowest BCUT2D eigenvalue weighted by Crippen LogP contribution is -2.33. The zero-order valence-corrected chi connectivity index (χ0v) is 11.2. The van der Waals surface area contributed by atoms with Crippen molar-refractivity contribution in [1.82, 2.24) is 15.6 Å². The monoisotopic (exact) mass is 269 g/mol. The van der Waals surface area contributed by atoms with E-state index in [-0.39, 0.29) is 5.91 Å². The number of hydrogen-bond donors (Lipinski definition) is 2. The van der Waals surface area contributed by atoms with Crippen molar-refractivity contribution >= 4 is 17.2 Å². The highest BCUT2D eigenvalue weighted by Gasteiger charge is 2.12. The first-order valence-corrected chi connectivity index (χ1v) is 7.23. The fourth-order valence-electron chi connectivity index (χ4n) is 1.90. The van der Waals surface area contributed by atoms with Crippen molar-refractivity contribution in [3.8, 4) is 0 Å². The third-order valence-electron chi connectivity index (χ3n) is 2.90. The molecule has 1 fully saturated rings. The summed E-state index contributed by atoms with van der Waals surface area (Å²) in [5.41, 5.74) is 1.66. The van der Waals surface area contributed by atoms with E-state index < -0.39 is 0 Å². The summed E-state index contributed by atoms with van der Waals surface area (Å²) in [5.74, 6) is -0.0423. The van der Waals surface area contributed by atoms with Gasteiger partial charge in [0, 0.05) is 13.2 Å². The van der Waals surface area contributed by atoms with Crippen LogP contribution in [0.25, 0.3) is 0 Å². The Morgan fingerprint density at radius 2 is 2.39 bits per heavy atom. The van der Waals surface area contributed by atoms with Crippen molar-refractivity contribution in [2.24, 2.45) is 0 Å². The van der Waals surface area contributed by atoms with E-state index in [4.69, 9.17) is 4.74 Å². The van der Waals surface area contributed by atoms with Crippen LogP contribution in [0.3, 0.4) is 0 Å². The summed E-state index contributed by atoms with van der Waals surface area (Å²) in [4.78, 5) is 16.1. The first kappa shape index (κ1) is 13.5. The molecule has 2 N–H and O–H groups in total. The van der Waals surface area contributed by atoms with Gasteiger partial charge in [0.1, 0.15) is 4.88 Å². The fourth-order valence-corrected chi connectivity index (χ4v) is 2.44. The van der Waals surface area contributed by atoms with E-state index in [2.05, 4.69) is 15.6 Å². The van der Waals surface area contributed by atoms with E-state index in [9.17, 15) is 4.79 Å². The second kappa shape index (κ2) is 7.45.